The lowest BCUT2D eigenvalue weighted by Crippen LogP contribution is -2.45. The van der Waals surface area contributed by atoms with Gasteiger partial charge in [-0.15, -0.1) is 0 Å². The maximum absolute atomic E-state index is 6.27. The first kappa shape index (κ1) is 14.8. The van der Waals surface area contributed by atoms with Crippen LogP contribution in [0.1, 0.15) is 17.2 Å². The molecule has 2 heterocycles. The van der Waals surface area contributed by atoms with Crippen molar-refractivity contribution in [3.05, 3.63) is 70.9 Å². The molecule has 1 aliphatic heterocycles. The number of nitrogens with zero attached hydrogens (tertiary/aromatic N) is 1. The van der Waals surface area contributed by atoms with E-state index in [9.17, 15) is 0 Å². The molecular weight excluding hydrogens is 306 g/mol. The second-order valence-electron chi connectivity index (χ2n) is 6.03. The lowest BCUT2D eigenvalue weighted by atomic mass is 9.96. The highest BCUT2D eigenvalue weighted by Gasteiger charge is 2.26. The fourth-order valence-corrected chi connectivity index (χ4v) is 3.72. The van der Waals surface area contributed by atoms with Crippen molar-refractivity contribution >= 4 is 22.5 Å². The molecule has 1 atom stereocenters. The number of rotatable bonds is 3. The molecule has 1 aromatic heterocycles. The number of para-hydroxylation sites is 1. The minimum absolute atomic E-state index is 0.229. The van der Waals surface area contributed by atoms with E-state index in [-0.39, 0.29) is 6.04 Å². The topological polar surface area (TPSA) is 31.1 Å². The van der Waals surface area contributed by atoms with Crippen LogP contribution >= 0.6 is 11.6 Å². The van der Waals surface area contributed by atoms with Crippen molar-refractivity contribution in [2.45, 2.75) is 6.04 Å². The molecule has 0 saturated carbocycles. The number of fused-ring (bicyclic) bond motifs is 1. The predicted molar refractivity (Wildman–Crippen MR) is 96.0 cm³/mol. The zero-order chi connectivity index (χ0) is 15.6. The smallest absolute Gasteiger partial charge is 0.0624 e. The van der Waals surface area contributed by atoms with Crippen LogP contribution in [-0.4, -0.2) is 36.1 Å². The van der Waals surface area contributed by atoms with Crippen LogP contribution in [0.15, 0.2) is 54.7 Å². The molecule has 0 radical (unpaired) electrons. The van der Waals surface area contributed by atoms with Gasteiger partial charge in [-0.1, -0.05) is 41.9 Å². The zero-order valence-corrected chi connectivity index (χ0v) is 13.7. The third-order valence-electron chi connectivity index (χ3n) is 4.60. The van der Waals surface area contributed by atoms with E-state index in [2.05, 4.69) is 57.8 Å². The van der Waals surface area contributed by atoms with Crippen LogP contribution in [-0.2, 0) is 0 Å². The molecule has 0 bridgehead atoms. The summed E-state index contributed by atoms with van der Waals surface area (Å²) in [5.41, 5.74) is 3.76. The summed E-state index contributed by atoms with van der Waals surface area (Å²) in [4.78, 5) is 5.96. The first-order chi connectivity index (χ1) is 11.3. The predicted octanol–water partition coefficient (Wildman–Crippen LogP) is 3.82. The number of hydrogen-bond acceptors (Lipinski definition) is 2. The average Bonchev–Trinajstić information content (AvgIpc) is 3.00. The van der Waals surface area contributed by atoms with Crippen LogP contribution in [0.3, 0.4) is 0 Å². The molecule has 0 amide bonds. The van der Waals surface area contributed by atoms with Crippen LogP contribution < -0.4 is 5.32 Å². The van der Waals surface area contributed by atoms with Crippen LogP contribution in [0.25, 0.3) is 10.9 Å². The van der Waals surface area contributed by atoms with Crippen molar-refractivity contribution in [1.29, 1.82) is 0 Å². The van der Waals surface area contributed by atoms with Crippen molar-refractivity contribution in [2.24, 2.45) is 0 Å². The SMILES string of the molecule is Clc1cccc(C(c2c[nH]c3ccccc23)N2CCNCC2)c1. The second-order valence-corrected chi connectivity index (χ2v) is 6.47. The van der Waals surface area contributed by atoms with Crippen LogP contribution in [0.5, 0.6) is 0 Å². The van der Waals surface area contributed by atoms with Gasteiger partial charge in [0.15, 0.2) is 0 Å². The number of H-pyrrole nitrogens is 1. The molecular formula is C19H20ClN3. The van der Waals surface area contributed by atoms with E-state index >= 15 is 0 Å². The summed E-state index contributed by atoms with van der Waals surface area (Å²) in [5.74, 6) is 0. The lowest BCUT2D eigenvalue weighted by molar-refractivity contribution is 0.199. The quantitative estimate of drug-likeness (QED) is 0.767. The summed E-state index contributed by atoms with van der Waals surface area (Å²) < 4.78 is 0. The summed E-state index contributed by atoms with van der Waals surface area (Å²) in [5, 5.41) is 5.52. The third kappa shape index (κ3) is 2.88. The number of aromatic amines is 1. The van der Waals surface area contributed by atoms with Crippen LogP contribution in [0.4, 0.5) is 0 Å². The highest BCUT2D eigenvalue weighted by atomic mass is 35.5. The van der Waals surface area contributed by atoms with Crippen molar-refractivity contribution in [3.8, 4) is 0 Å². The fraction of sp³-hybridized carbons (Fsp3) is 0.263. The number of nitrogens with one attached hydrogen (secondary N) is 2. The summed E-state index contributed by atoms with van der Waals surface area (Å²) in [6.07, 6.45) is 2.15. The molecule has 2 aromatic carbocycles. The summed E-state index contributed by atoms with van der Waals surface area (Å²) in [6.45, 7) is 4.13. The molecule has 3 aromatic rings. The monoisotopic (exact) mass is 325 g/mol. The standard InChI is InChI=1S/C19H20ClN3/c20-15-5-3-4-14(12-15)19(23-10-8-21-9-11-23)17-13-22-18-7-2-1-6-16(17)18/h1-7,12-13,19,21-22H,8-11H2. The molecule has 4 heteroatoms. The number of hydrogen-bond donors (Lipinski definition) is 2. The van der Waals surface area contributed by atoms with Gasteiger partial charge in [0.2, 0.25) is 0 Å². The summed E-state index contributed by atoms with van der Waals surface area (Å²) in [7, 11) is 0. The molecule has 1 aliphatic rings. The van der Waals surface area contributed by atoms with Gasteiger partial charge >= 0.3 is 0 Å². The van der Waals surface area contributed by atoms with Crippen molar-refractivity contribution < 1.29 is 0 Å². The van der Waals surface area contributed by atoms with E-state index in [4.69, 9.17) is 11.6 Å². The molecule has 23 heavy (non-hydrogen) atoms. The number of aromatic nitrogens is 1. The molecule has 0 aliphatic carbocycles. The van der Waals surface area contributed by atoms with Crippen molar-refractivity contribution in [1.82, 2.24) is 15.2 Å². The average molecular weight is 326 g/mol. The Bertz CT molecular complexity index is 805. The van der Waals surface area contributed by atoms with Gasteiger partial charge in [-0.25, -0.2) is 0 Å². The molecule has 1 fully saturated rings. The molecule has 0 spiro atoms. The van der Waals surface area contributed by atoms with Gasteiger partial charge in [0, 0.05) is 48.3 Å². The Labute approximate surface area is 141 Å². The van der Waals surface area contributed by atoms with Gasteiger partial charge in [0.25, 0.3) is 0 Å². The Morgan fingerprint density at radius 3 is 2.65 bits per heavy atom. The highest BCUT2D eigenvalue weighted by molar-refractivity contribution is 6.30. The van der Waals surface area contributed by atoms with Gasteiger partial charge in [0.05, 0.1) is 6.04 Å². The van der Waals surface area contributed by atoms with Crippen LogP contribution in [0, 0.1) is 0 Å². The minimum Gasteiger partial charge on any atom is -0.361 e. The zero-order valence-electron chi connectivity index (χ0n) is 12.9. The largest absolute Gasteiger partial charge is 0.361 e. The van der Waals surface area contributed by atoms with E-state index in [0.29, 0.717) is 0 Å². The van der Waals surface area contributed by atoms with Crippen molar-refractivity contribution in [3.63, 3.8) is 0 Å². The number of piperazine rings is 1. The summed E-state index contributed by atoms with van der Waals surface area (Å²) in [6, 6.07) is 17.0. The lowest BCUT2D eigenvalue weighted by Gasteiger charge is -2.35. The van der Waals surface area contributed by atoms with E-state index in [1.165, 1.54) is 22.0 Å². The molecule has 3 nitrogen and oxygen atoms in total. The van der Waals surface area contributed by atoms with Gasteiger partial charge in [-0.2, -0.15) is 0 Å². The van der Waals surface area contributed by atoms with E-state index in [1.54, 1.807) is 0 Å². The van der Waals surface area contributed by atoms with Crippen LogP contribution in [0.2, 0.25) is 5.02 Å². The first-order valence-electron chi connectivity index (χ1n) is 8.09. The Balaban J connectivity index is 1.84. The van der Waals surface area contributed by atoms with Gasteiger partial charge in [0.1, 0.15) is 0 Å². The Morgan fingerprint density at radius 2 is 1.83 bits per heavy atom. The number of benzene rings is 2. The van der Waals surface area contributed by atoms with E-state index < -0.39 is 0 Å². The molecule has 1 unspecified atom stereocenters. The van der Waals surface area contributed by atoms with Gasteiger partial charge in [-0.05, 0) is 29.3 Å². The Morgan fingerprint density at radius 1 is 1.00 bits per heavy atom. The maximum atomic E-state index is 6.27. The second kappa shape index (κ2) is 6.36. The normalized spacial score (nSPS) is 17.4. The Hall–Kier alpha value is -1.81. The van der Waals surface area contributed by atoms with Crippen molar-refractivity contribution in [2.75, 3.05) is 26.2 Å². The molecule has 2 N–H and O–H groups in total. The Kier molecular flexibility index (Phi) is 4.08. The maximum Gasteiger partial charge on any atom is 0.0624 e. The number of halogens is 1. The highest BCUT2D eigenvalue weighted by Crippen LogP contribution is 2.34. The van der Waals surface area contributed by atoms with E-state index in [1.807, 2.05) is 12.1 Å². The molecule has 118 valence electrons. The third-order valence-corrected chi connectivity index (χ3v) is 4.83. The first-order valence-corrected chi connectivity index (χ1v) is 8.47. The molecule has 4 rings (SSSR count). The van der Waals surface area contributed by atoms with Gasteiger partial charge in [-0.3, -0.25) is 4.90 Å². The van der Waals surface area contributed by atoms with Gasteiger partial charge < -0.3 is 10.3 Å². The van der Waals surface area contributed by atoms with E-state index in [0.717, 1.165) is 31.2 Å². The fourth-order valence-electron chi connectivity index (χ4n) is 3.52. The summed E-state index contributed by atoms with van der Waals surface area (Å²) >= 11 is 6.27. The molecule has 1 saturated heterocycles. The minimum atomic E-state index is 0.229.